The van der Waals surface area contributed by atoms with Gasteiger partial charge in [-0.1, -0.05) is 0 Å². The molecule has 2 aliphatic heterocycles. The minimum atomic E-state index is 0.0864. The molecule has 0 aromatic carbocycles. The van der Waals surface area contributed by atoms with Gasteiger partial charge in [0, 0.05) is 61.1 Å². The summed E-state index contributed by atoms with van der Waals surface area (Å²) < 4.78 is 0. The van der Waals surface area contributed by atoms with E-state index < -0.39 is 0 Å². The van der Waals surface area contributed by atoms with Gasteiger partial charge in [-0.15, -0.1) is 11.3 Å². The maximum absolute atomic E-state index is 12.6. The number of likely N-dealkylation sites (tertiary alicyclic amines) is 1. The maximum Gasteiger partial charge on any atom is 0.273 e. The Morgan fingerprint density at radius 3 is 2.56 bits per heavy atom. The van der Waals surface area contributed by atoms with Gasteiger partial charge >= 0.3 is 0 Å². The van der Waals surface area contributed by atoms with Crippen molar-refractivity contribution in [2.24, 2.45) is 11.8 Å². The number of anilines is 1. The number of hydrogen-bond donors (Lipinski definition) is 0. The zero-order valence-corrected chi connectivity index (χ0v) is 15.1. The molecule has 1 amide bonds. The van der Waals surface area contributed by atoms with Crippen molar-refractivity contribution in [1.29, 1.82) is 0 Å². The van der Waals surface area contributed by atoms with Crippen LogP contribution in [-0.4, -0.2) is 51.9 Å². The van der Waals surface area contributed by atoms with Crippen LogP contribution in [0, 0.1) is 18.8 Å². The second-order valence-electron chi connectivity index (χ2n) is 7.46. The second-order valence-corrected chi connectivity index (χ2v) is 8.52. The highest BCUT2D eigenvalue weighted by atomic mass is 32.1. The van der Waals surface area contributed by atoms with E-state index in [4.69, 9.17) is 0 Å². The van der Waals surface area contributed by atoms with Crippen LogP contribution in [0.5, 0.6) is 0 Å². The summed E-state index contributed by atoms with van der Waals surface area (Å²) in [6.07, 6.45) is 4.22. The molecule has 1 aliphatic carbocycles. The Labute approximate surface area is 150 Å². The minimum Gasteiger partial charge on any atom is -0.356 e. The van der Waals surface area contributed by atoms with E-state index in [2.05, 4.69) is 25.9 Å². The molecule has 0 spiro atoms. The van der Waals surface area contributed by atoms with Crippen LogP contribution < -0.4 is 4.90 Å². The first-order chi connectivity index (χ1) is 12.2. The molecular formula is C18H21N5OS. The fraction of sp³-hybridized carbons (Fsp3) is 0.556. The first-order valence-electron chi connectivity index (χ1n) is 8.95. The Bertz CT molecular complexity index is 803. The number of aryl methyl sites for hydroxylation is 1. The molecule has 7 heteroatoms. The van der Waals surface area contributed by atoms with Crippen LogP contribution in [0.1, 0.15) is 39.9 Å². The third-order valence-electron chi connectivity index (χ3n) is 5.61. The van der Waals surface area contributed by atoms with Crippen molar-refractivity contribution in [3.8, 4) is 0 Å². The highest BCUT2D eigenvalue weighted by Crippen LogP contribution is 2.40. The summed E-state index contributed by atoms with van der Waals surface area (Å²) in [6, 6.07) is 2.17. The molecule has 2 saturated heterocycles. The number of rotatable bonds is 3. The third-order valence-corrected chi connectivity index (χ3v) is 6.38. The summed E-state index contributed by atoms with van der Waals surface area (Å²) >= 11 is 1.54. The number of carbonyl (C=O) groups excluding carboxylic acids is 1. The zero-order chi connectivity index (χ0) is 17.0. The van der Waals surface area contributed by atoms with Crippen molar-refractivity contribution in [3.05, 3.63) is 34.2 Å². The normalized spacial score (nSPS) is 25.5. The van der Waals surface area contributed by atoms with Crippen LogP contribution in [-0.2, 0) is 0 Å². The number of amides is 1. The summed E-state index contributed by atoms with van der Waals surface area (Å²) in [5, 5.41) is 2.82. The number of hydrogen-bond acceptors (Lipinski definition) is 6. The molecule has 2 aromatic heterocycles. The quantitative estimate of drug-likeness (QED) is 0.846. The Balaban J connectivity index is 1.26. The molecule has 3 aliphatic rings. The summed E-state index contributed by atoms with van der Waals surface area (Å²) in [7, 11) is 0. The smallest absolute Gasteiger partial charge is 0.273 e. The van der Waals surface area contributed by atoms with Crippen molar-refractivity contribution < 1.29 is 4.79 Å². The zero-order valence-electron chi connectivity index (χ0n) is 14.3. The van der Waals surface area contributed by atoms with Gasteiger partial charge in [0.1, 0.15) is 17.8 Å². The molecule has 2 atom stereocenters. The Morgan fingerprint density at radius 2 is 1.92 bits per heavy atom. The average molecular weight is 355 g/mol. The van der Waals surface area contributed by atoms with Gasteiger partial charge in [0.2, 0.25) is 0 Å². The van der Waals surface area contributed by atoms with Gasteiger partial charge in [-0.3, -0.25) is 4.79 Å². The Kier molecular flexibility index (Phi) is 3.51. The fourth-order valence-electron chi connectivity index (χ4n) is 4.11. The van der Waals surface area contributed by atoms with Crippen LogP contribution in [0.2, 0.25) is 0 Å². The number of carbonyl (C=O) groups is 1. The lowest BCUT2D eigenvalue weighted by Crippen LogP contribution is -2.33. The molecule has 25 heavy (non-hydrogen) atoms. The summed E-state index contributed by atoms with van der Waals surface area (Å²) in [6.45, 7) is 5.56. The molecule has 2 aromatic rings. The van der Waals surface area contributed by atoms with Crippen molar-refractivity contribution >= 4 is 23.1 Å². The van der Waals surface area contributed by atoms with Gasteiger partial charge in [0.15, 0.2) is 0 Å². The SMILES string of the molecule is Cc1nc(C(=O)N2CC3CN(c4cc(C5CC5)ncn4)CC3C2)cs1. The third kappa shape index (κ3) is 2.80. The van der Waals surface area contributed by atoms with E-state index in [1.54, 1.807) is 6.33 Å². The van der Waals surface area contributed by atoms with Gasteiger partial charge in [-0.05, 0) is 19.8 Å². The molecule has 2 unspecified atom stereocenters. The van der Waals surface area contributed by atoms with E-state index in [1.807, 2.05) is 17.2 Å². The molecule has 4 heterocycles. The van der Waals surface area contributed by atoms with Gasteiger partial charge in [0.25, 0.3) is 5.91 Å². The van der Waals surface area contributed by atoms with Crippen LogP contribution in [0.4, 0.5) is 5.82 Å². The molecule has 0 N–H and O–H groups in total. The lowest BCUT2D eigenvalue weighted by Gasteiger charge is -2.22. The van der Waals surface area contributed by atoms with E-state index in [-0.39, 0.29) is 5.91 Å². The van der Waals surface area contributed by atoms with E-state index in [1.165, 1.54) is 29.9 Å². The molecule has 5 rings (SSSR count). The molecule has 0 radical (unpaired) electrons. The van der Waals surface area contributed by atoms with E-state index in [0.717, 1.165) is 37.0 Å². The highest BCUT2D eigenvalue weighted by molar-refractivity contribution is 7.09. The molecule has 3 fully saturated rings. The monoisotopic (exact) mass is 355 g/mol. The van der Waals surface area contributed by atoms with Crippen LogP contribution in [0.3, 0.4) is 0 Å². The first-order valence-corrected chi connectivity index (χ1v) is 9.83. The molecular weight excluding hydrogens is 334 g/mol. The van der Waals surface area contributed by atoms with E-state index in [0.29, 0.717) is 23.4 Å². The van der Waals surface area contributed by atoms with Gasteiger partial charge in [0.05, 0.1) is 5.01 Å². The number of nitrogens with zero attached hydrogens (tertiary/aromatic N) is 5. The average Bonchev–Trinajstić information content (AvgIpc) is 3.06. The van der Waals surface area contributed by atoms with Crippen LogP contribution in [0.15, 0.2) is 17.8 Å². The Hall–Kier alpha value is -2.02. The van der Waals surface area contributed by atoms with Crippen molar-refractivity contribution in [1.82, 2.24) is 19.9 Å². The number of thiazole rings is 1. The first kappa shape index (κ1) is 15.3. The number of aromatic nitrogens is 3. The topological polar surface area (TPSA) is 62.2 Å². The van der Waals surface area contributed by atoms with Crippen LogP contribution in [0.25, 0.3) is 0 Å². The molecule has 6 nitrogen and oxygen atoms in total. The van der Waals surface area contributed by atoms with Gasteiger partial charge < -0.3 is 9.80 Å². The summed E-state index contributed by atoms with van der Waals surface area (Å²) in [4.78, 5) is 30.2. The van der Waals surface area contributed by atoms with Gasteiger partial charge in [-0.2, -0.15) is 0 Å². The summed E-state index contributed by atoms with van der Waals surface area (Å²) in [5.74, 6) is 2.85. The summed E-state index contributed by atoms with van der Waals surface area (Å²) in [5.41, 5.74) is 1.79. The second kappa shape index (κ2) is 5.76. The highest BCUT2D eigenvalue weighted by Gasteiger charge is 2.42. The van der Waals surface area contributed by atoms with Crippen molar-refractivity contribution in [3.63, 3.8) is 0 Å². The standard InChI is InChI=1S/C18H21N5OS/c1-11-21-16(9-25-11)18(24)23-7-13-5-22(6-14(13)8-23)17-4-15(12-2-3-12)19-10-20-17/h4,9-10,12-14H,2-3,5-8H2,1H3. The van der Waals surface area contributed by atoms with Gasteiger partial charge in [-0.25, -0.2) is 15.0 Å². The van der Waals surface area contributed by atoms with Crippen molar-refractivity contribution in [2.45, 2.75) is 25.7 Å². The van der Waals surface area contributed by atoms with Crippen molar-refractivity contribution in [2.75, 3.05) is 31.1 Å². The lowest BCUT2D eigenvalue weighted by atomic mass is 10.0. The molecule has 1 saturated carbocycles. The molecule has 130 valence electrons. The lowest BCUT2D eigenvalue weighted by molar-refractivity contribution is 0.0777. The predicted molar refractivity (Wildman–Crippen MR) is 96.0 cm³/mol. The molecule has 0 bridgehead atoms. The largest absolute Gasteiger partial charge is 0.356 e. The maximum atomic E-state index is 12.6. The predicted octanol–water partition coefficient (Wildman–Crippen LogP) is 2.33. The fourth-order valence-corrected chi connectivity index (χ4v) is 4.69. The Morgan fingerprint density at radius 1 is 1.16 bits per heavy atom. The van der Waals surface area contributed by atoms with E-state index >= 15 is 0 Å². The van der Waals surface area contributed by atoms with Crippen LogP contribution >= 0.6 is 11.3 Å². The number of fused-ring (bicyclic) bond motifs is 1. The van der Waals surface area contributed by atoms with E-state index in [9.17, 15) is 4.79 Å². The minimum absolute atomic E-state index is 0.0864.